The third-order valence-electron chi connectivity index (χ3n) is 3.93. The Bertz CT molecular complexity index is 916. The summed E-state index contributed by atoms with van der Waals surface area (Å²) >= 11 is 0. The van der Waals surface area contributed by atoms with Gasteiger partial charge in [0.25, 0.3) is 0 Å². The van der Waals surface area contributed by atoms with Crippen molar-refractivity contribution in [2.24, 2.45) is 0 Å². The molecular formula is C19H18FN3O2. The summed E-state index contributed by atoms with van der Waals surface area (Å²) in [6, 6.07) is 13.3. The van der Waals surface area contributed by atoms with Crippen LogP contribution in [0.25, 0.3) is 10.9 Å². The molecule has 3 aromatic rings. The van der Waals surface area contributed by atoms with E-state index in [1.165, 1.54) is 12.1 Å². The first kappa shape index (κ1) is 16.7. The number of aromatic nitrogens is 1. The molecule has 0 saturated heterocycles. The van der Waals surface area contributed by atoms with Gasteiger partial charge in [-0.2, -0.15) is 0 Å². The van der Waals surface area contributed by atoms with Crippen molar-refractivity contribution < 1.29 is 14.0 Å². The van der Waals surface area contributed by atoms with Crippen molar-refractivity contribution >= 4 is 28.4 Å². The highest BCUT2D eigenvalue weighted by Crippen LogP contribution is 2.21. The zero-order valence-electron chi connectivity index (χ0n) is 13.8. The molecule has 0 aliphatic carbocycles. The highest BCUT2D eigenvalue weighted by molar-refractivity contribution is 5.95. The number of likely N-dealkylation sites (N-methyl/N-ethyl adjacent to an activating group) is 1. The summed E-state index contributed by atoms with van der Waals surface area (Å²) in [5, 5.41) is 6.41. The summed E-state index contributed by atoms with van der Waals surface area (Å²) in [4.78, 5) is 23.8. The van der Waals surface area contributed by atoms with Gasteiger partial charge in [-0.25, -0.2) is 4.39 Å². The lowest BCUT2D eigenvalue weighted by Gasteiger charge is -2.08. The lowest BCUT2D eigenvalue weighted by molar-refractivity contribution is -0.121. The Kier molecular flexibility index (Phi) is 4.79. The van der Waals surface area contributed by atoms with Gasteiger partial charge >= 0.3 is 0 Å². The molecule has 0 radical (unpaired) electrons. The van der Waals surface area contributed by atoms with Crippen LogP contribution in [0, 0.1) is 5.82 Å². The summed E-state index contributed by atoms with van der Waals surface area (Å²) in [6.07, 6.45) is 2.00. The molecule has 25 heavy (non-hydrogen) atoms. The number of halogens is 1. The van der Waals surface area contributed by atoms with E-state index < -0.39 is 0 Å². The second kappa shape index (κ2) is 7.17. The van der Waals surface area contributed by atoms with Gasteiger partial charge in [0.1, 0.15) is 12.4 Å². The highest BCUT2D eigenvalue weighted by Gasteiger charge is 2.08. The van der Waals surface area contributed by atoms with E-state index >= 15 is 0 Å². The third kappa shape index (κ3) is 4.03. The Morgan fingerprint density at radius 3 is 2.52 bits per heavy atom. The molecule has 0 aliphatic rings. The standard InChI is InChI=1S/C19H18FN3O2/c1-21-19(25)12-23-9-8-14-4-7-16(11-17(14)23)22-18(24)10-13-2-5-15(20)6-3-13/h2-9,11H,10,12H2,1H3,(H,21,25)(H,22,24). The summed E-state index contributed by atoms with van der Waals surface area (Å²) in [5.41, 5.74) is 2.25. The average molecular weight is 339 g/mol. The predicted molar refractivity (Wildman–Crippen MR) is 94.7 cm³/mol. The Balaban J connectivity index is 1.74. The minimum Gasteiger partial charge on any atom is -0.358 e. The van der Waals surface area contributed by atoms with Crippen LogP contribution in [-0.2, 0) is 22.6 Å². The second-order valence-electron chi connectivity index (χ2n) is 5.74. The van der Waals surface area contributed by atoms with Gasteiger partial charge in [-0.3, -0.25) is 9.59 Å². The zero-order chi connectivity index (χ0) is 17.8. The molecule has 0 saturated carbocycles. The van der Waals surface area contributed by atoms with E-state index in [9.17, 15) is 14.0 Å². The number of carbonyl (C=O) groups is 2. The molecule has 0 aliphatic heterocycles. The zero-order valence-corrected chi connectivity index (χ0v) is 13.8. The van der Waals surface area contributed by atoms with Crippen molar-refractivity contribution in [3.63, 3.8) is 0 Å². The van der Waals surface area contributed by atoms with Gasteiger partial charge in [-0.1, -0.05) is 18.2 Å². The number of rotatable bonds is 5. The largest absolute Gasteiger partial charge is 0.358 e. The van der Waals surface area contributed by atoms with Crippen LogP contribution in [-0.4, -0.2) is 23.4 Å². The summed E-state index contributed by atoms with van der Waals surface area (Å²) in [6.45, 7) is 0.215. The van der Waals surface area contributed by atoms with Crippen LogP contribution >= 0.6 is 0 Å². The fourth-order valence-corrected chi connectivity index (χ4v) is 2.63. The minimum absolute atomic E-state index is 0.0942. The number of anilines is 1. The number of benzene rings is 2. The molecule has 0 unspecified atom stereocenters. The highest BCUT2D eigenvalue weighted by atomic mass is 19.1. The van der Waals surface area contributed by atoms with Crippen molar-refractivity contribution in [1.29, 1.82) is 0 Å². The quantitative estimate of drug-likeness (QED) is 0.751. The minimum atomic E-state index is -0.327. The van der Waals surface area contributed by atoms with Crippen LogP contribution in [0.2, 0.25) is 0 Å². The number of amides is 2. The van der Waals surface area contributed by atoms with Crippen molar-refractivity contribution in [3.8, 4) is 0 Å². The molecule has 0 bridgehead atoms. The van der Waals surface area contributed by atoms with Gasteiger partial charge in [0.2, 0.25) is 11.8 Å². The molecule has 1 heterocycles. The molecule has 3 rings (SSSR count). The third-order valence-corrected chi connectivity index (χ3v) is 3.93. The van der Waals surface area contributed by atoms with Crippen LogP contribution in [0.4, 0.5) is 10.1 Å². The Labute approximate surface area is 144 Å². The fourth-order valence-electron chi connectivity index (χ4n) is 2.63. The lowest BCUT2D eigenvalue weighted by Crippen LogP contribution is -2.23. The van der Waals surface area contributed by atoms with Gasteiger partial charge in [0.15, 0.2) is 0 Å². The molecule has 0 fully saturated rings. The van der Waals surface area contributed by atoms with Gasteiger partial charge in [0.05, 0.1) is 11.9 Å². The molecule has 128 valence electrons. The van der Waals surface area contributed by atoms with E-state index in [1.807, 2.05) is 35.0 Å². The van der Waals surface area contributed by atoms with Crippen molar-refractivity contribution in [1.82, 2.24) is 9.88 Å². The number of nitrogens with one attached hydrogen (secondary N) is 2. The van der Waals surface area contributed by atoms with E-state index in [1.54, 1.807) is 19.2 Å². The second-order valence-corrected chi connectivity index (χ2v) is 5.74. The van der Waals surface area contributed by atoms with E-state index in [0.29, 0.717) is 5.69 Å². The molecule has 5 nitrogen and oxygen atoms in total. The lowest BCUT2D eigenvalue weighted by atomic mass is 10.1. The SMILES string of the molecule is CNC(=O)Cn1ccc2ccc(NC(=O)Cc3ccc(F)cc3)cc21. The molecule has 2 aromatic carbocycles. The topological polar surface area (TPSA) is 63.1 Å². The summed E-state index contributed by atoms with van der Waals surface area (Å²) in [5.74, 6) is -0.606. The normalized spacial score (nSPS) is 10.6. The molecule has 2 amide bonds. The average Bonchev–Trinajstić information content (AvgIpc) is 2.99. The van der Waals surface area contributed by atoms with Crippen molar-refractivity contribution in [2.75, 3.05) is 12.4 Å². The first-order valence-corrected chi connectivity index (χ1v) is 7.89. The van der Waals surface area contributed by atoms with Crippen LogP contribution < -0.4 is 10.6 Å². The molecule has 0 atom stereocenters. The van der Waals surface area contributed by atoms with Gasteiger partial charge < -0.3 is 15.2 Å². The smallest absolute Gasteiger partial charge is 0.239 e. The van der Waals surface area contributed by atoms with Gasteiger partial charge in [-0.15, -0.1) is 0 Å². The summed E-state index contributed by atoms with van der Waals surface area (Å²) < 4.78 is 14.7. The number of carbonyl (C=O) groups excluding carboxylic acids is 2. The maximum absolute atomic E-state index is 12.9. The maximum Gasteiger partial charge on any atom is 0.239 e. The number of hydrogen-bond acceptors (Lipinski definition) is 2. The number of hydrogen-bond donors (Lipinski definition) is 2. The Hall–Kier alpha value is -3.15. The van der Waals surface area contributed by atoms with E-state index in [4.69, 9.17) is 0 Å². The van der Waals surface area contributed by atoms with Crippen molar-refractivity contribution in [2.45, 2.75) is 13.0 Å². The fraction of sp³-hybridized carbons (Fsp3) is 0.158. The van der Waals surface area contributed by atoms with Crippen LogP contribution in [0.5, 0.6) is 0 Å². The molecular weight excluding hydrogens is 321 g/mol. The van der Waals surface area contributed by atoms with Gasteiger partial charge in [0, 0.05) is 18.9 Å². The van der Waals surface area contributed by atoms with Crippen LogP contribution in [0.15, 0.2) is 54.7 Å². The van der Waals surface area contributed by atoms with E-state index in [0.717, 1.165) is 16.5 Å². The van der Waals surface area contributed by atoms with Crippen molar-refractivity contribution in [3.05, 3.63) is 66.1 Å². The Morgan fingerprint density at radius 2 is 1.80 bits per heavy atom. The van der Waals surface area contributed by atoms with Crippen LogP contribution in [0.3, 0.4) is 0 Å². The first-order valence-electron chi connectivity index (χ1n) is 7.89. The number of fused-ring (bicyclic) bond motifs is 1. The Morgan fingerprint density at radius 1 is 1.04 bits per heavy atom. The number of nitrogens with zero attached hydrogens (tertiary/aromatic N) is 1. The predicted octanol–water partition coefficient (Wildman–Crippen LogP) is 2.71. The monoisotopic (exact) mass is 339 g/mol. The van der Waals surface area contributed by atoms with E-state index in [2.05, 4.69) is 10.6 Å². The first-order chi connectivity index (χ1) is 12.0. The van der Waals surface area contributed by atoms with E-state index in [-0.39, 0.29) is 30.6 Å². The molecule has 2 N–H and O–H groups in total. The molecule has 1 aromatic heterocycles. The summed E-state index contributed by atoms with van der Waals surface area (Å²) in [7, 11) is 1.59. The van der Waals surface area contributed by atoms with Crippen LogP contribution in [0.1, 0.15) is 5.56 Å². The molecule has 6 heteroatoms. The maximum atomic E-state index is 12.9. The van der Waals surface area contributed by atoms with Gasteiger partial charge in [-0.05, 0) is 41.3 Å². The molecule has 0 spiro atoms.